The van der Waals surface area contributed by atoms with Crippen LogP contribution in [0.1, 0.15) is 84.0 Å². The number of piperidine rings is 1. The highest BCUT2D eigenvalue weighted by atomic mass is 35.5. The van der Waals surface area contributed by atoms with Gasteiger partial charge in [0.2, 0.25) is 0 Å². The molecular formula is C17H32ClN. The van der Waals surface area contributed by atoms with Gasteiger partial charge in [0.1, 0.15) is 0 Å². The van der Waals surface area contributed by atoms with Gasteiger partial charge >= 0.3 is 0 Å². The van der Waals surface area contributed by atoms with Crippen molar-refractivity contribution in [1.82, 2.24) is 4.90 Å². The Morgan fingerprint density at radius 3 is 1.95 bits per heavy atom. The van der Waals surface area contributed by atoms with Crippen molar-refractivity contribution in [3.63, 3.8) is 0 Å². The zero-order valence-electron chi connectivity index (χ0n) is 12.7. The molecule has 2 heterocycles. The van der Waals surface area contributed by atoms with Gasteiger partial charge in [-0.2, -0.15) is 0 Å². The first-order valence-corrected chi connectivity index (χ1v) is 9.14. The van der Waals surface area contributed by atoms with Gasteiger partial charge in [0.25, 0.3) is 0 Å². The molecule has 2 fully saturated rings. The van der Waals surface area contributed by atoms with Gasteiger partial charge in [0.05, 0.1) is 0 Å². The molecule has 0 saturated carbocycles. The smallest absolute Gasteiger partial charge is 0.0365 e. The number of unbranched alkanes of at least 4 members (excludes halogenated alkanes) is 7. The lowest BCUT2D eigenvalue weighted by Crippen LogP contribution is -2.43. The number of hydrogen-bond donors (Lipinski definition) is 0. The van der Waals surface area contributed by atoms with Crippen LogP contribution in [0.25, 0.3) is 0 Å². The van der Waals surface area contributed by atoms with E-state index < -0.39 is 0 Å². The van der Waals surface area contributed by atoms with Crippen LogP contribution in [0.5, 0.6) is 0 Å². The quantitative estimate of drug-likeness (QED) is 0.407. The molecule has 0 aromatic rings. The SMILES string of the molecule is CCCCCCCCCCN1C2CCC1CC(Cl)C2. The van der Waals surface area contributed by atoms with E-state index in [1.165, 1.54) is 83.6 Å². The largest absolute Gasteiger partial charge is 0.297 e. The van der Waals surface area contributed by atoms with E-state index in [9.17, 15) is 0 Å². The van der Waals surface area contributed by atoms with Crippen LogP contribution in [0.3, 0.4) is 0 Å². The fourth-order valence-electron chi connectivity index (χ4n) is 4.00. The van der Waals surface area contributed by atoms with Gasteiger partial charge in [-0.25, -0.2) is 0 Å². The Morgan fingerprint density at radius 1 is 0.842 bits per heavy atom. The molecule has 2 bridgehead atoms. The molecule has 112 valence electrons. The highest BCUT2D eigenvalue weighted by Crippen LogP contribution is 2.37. The molecule has 2 atom stereocenters. The van der Waals surface area contributed by atoms with Gasteiger partial charge in [-0.05, 0) is 38.6 Å². The molecule has 1 nitrogen and oxygen atoms in total. The van der Waals surface area contributed by atoms with Crippen LogP contribution >= 0.6 is 11.6 Å². The first-order chi connectivity index (χ1) is 9.31. The minimum atomic E-state index is 0.465. The standard InChI is InChI=1S/C17H32ClN/c1-2-3-4-5-6-7-8-9-12-19-16-10-11-17(19)14-15(18)13-16/h15-17H,2-14H2,1H3. The molecule has 2 aliphatic rings. The minimum absolute atomic E-state index is 0.465. The van der Waals surface area contributed by atoms with E-state index in [0.717, 1.165) is 12.1 Å². The second kappa shape index (κ2) is 8.52. The Morgan fingerprint density at radius 2 is 1.37 bits per heavy atom. The Labute approximate surface area is 125 Å². The van der Waals surface area contributed by atoms with Crippen LogP contribution in [-0.2, 0) is 0 Å². The van der Waals surface area contributed by atoms with Gasteiger partial charge in [0, 0.05) is 17.5 Å². The van der Waals surface area contributed by atoms with Gasteiger partial charge in [-0.15, -0.1) is 11.6 Å². The van der Waals surface area contributed by atoms with Crippen molar-refractivity contribution in [3.05, 3.63) is 0 Å². The molecule has 2 unspecified atom stereocenters. The predicted octanol–water partition coefficient (Wildman–Crippen LogP) is 5.36. The Hall–Kier alpha value is 0.250. The normalized spacial score (nSPS) is 30.9. The maximum atomic E-state index is 6.33. The first-order valence-electron chi connectivity index (χ1n) is 8.71. The number of rotatable bonds is 9. The lowest BCUT2D eigenvalue weighted by molar-refractivity contribution is 0.140. The van der Waals surface area contributed by atoms with Crippen LogP contribution in [0.2, 0.25) is 0 Å². The summed E-state index contributed by atoms with van der Waals surface area (Å²) in [4.78, 5) is 2.79. The van der Waals surface area contributed by atoms with Crippen molar-refractivity contribution >= 4 is 11.6 Å². The van der Waals surface area contributed by atoms with Crippen molar-refractivity contribution in [3.8, 4) is 0 Å². The summed E-state index contributed by atoms with van der Waals surface area (Å²) in [6.45, 7) is 3.63. The maximum absolute atomic E-state index is 6.33. The van der Waals surface area contributed by atoms with E-state index in [-0.39, 0.29) is 0 Å². The second-order valence-corrected chi connectivity index (χ2v) is 7.28. The fraction of sp³-hybridized carbons (Fsp3) is 1.00. The molecule has 2 rings (SSSR count). The summed E-state index contributed by atoms with van der Waals surface area (Å²) in [7, 11) is 0. The lowest BCUT2D eigenvalue weighted by Gasteiger charge is -2.37. The third-order valence-corrected chi connectivity index (χ3v) is 5.45. The number of fused-ring (bicyclic) bond motifs is 2. The van der Waals surface area contributed by atoms with Gasteiger partial charge in [-0.3, -0.25) is 4.90 Å². The van der Waals surface area contributed by atoms with E-state index >= 15 is 0 Å². The summed E-state index contributed by atoms with van der Waals surface area (Å²) in [5, 5.41) is 0.465. The van der Waals surface area contributed by atoms with Gasteiger partial charge < -0.3 is 0 Å². The molecule has 0 aromatic heterocycles. The van der Waals surface area contributed by atoms with Crippen molar-refractivity contribution < 1.29 is 0 Å². The highest BCUT2D eigenvalue weighted by Gasteiger charge is 2.39. The first kappa shape index (κ1) is 15.6. The molecular weight excluding hydrogens is 254 g/mol. The van der Waals surface area contributed by atoms with Gasteiger partial charge in [-0.1, -0.05) is 51.9 Å². The Kier molecular flexibility index (Phi) is 7.01. The molecule has 2 heteroatoms. The summed E-state index contributed by atoms with van der Waals surface area (Å²) in [5.74, 6) is 0. The summed E-state index contributed by atoms with van der Waals surface area (Å²) in [5.41, 5.74) is 0. The predicted molar refractivity (Wildman–Crippen MR) is 85.0 cm³/mol. The summed E-state index contributed by atoms with van der Waals surface area (Å²) >= 11 is 6.33. The van der Waals surface area contributed by atoms with Crippen molar-refractivity contribution in [2.45, 2.75) is 101 Å². The van der Waals surface area contributed by atoms with Crippen molar-refractivity contribution in [2.24, 2.45) is 0 Å². The van der Waals surface area contributed by atoms with E-state index in [2.05, 4.69) is 11.8 Å². The lowest BCUT2D eigenvalue weighted by atomic mass is 10.0. The van der Waals surface area contributed by atoms with Crippen molar-refractivity contribution in [2.75, 3.05) is 6.54 Å². The molecule has 19 heavy (non-hydrogen) atoms. The maximum Gasteiger partial charge on any atom is 0.0365 e. The van der Waals surface area contributed by atoms with E-state index in [1.54, 1.807) is 0 Å². The number of halogens is 1. The molecule has 2 saturated heterocycles. The minimum Gasteiger partial charge on any atom is -0.297 e. The fourth-order valence-corrected chi connectivity index (χ4v) is 4.41. The molecule has 0 spiro atoms. The van der Waals surface area contributed by atoms with E-state index in [4.69, 9.17) is 11.6 Å². The monoisotopic (exact) mass is 285 g/mol. The van der Waals surface area contributed by atoms with E-state index in [0.29, 0.717) is 5.38 Å². The average molecular weight is 286 g/mol. The second-order valence-electron chi connectivity index (χ2n) is 6.67. The molecule has 0 aliphatic carbocycles. The topological polar surface area (TPSA) is 3.24 Å². The Balaban J connectivity index is 1.50. The van der Waals surface area contributed by atoms with Crippen molar-refractivity contribution in [1.29, 1.82) is 0 Å². The van der Waals surface area contributed by atoms with Crippen LogP contribution in [0.4, 0.5) is 0 Å². The zero-order valence-corrected chi connectivity index (χ0v) is 13.5. The highest BCUT2D eigenvalue weighted by molar-refractivity contribution is 6.20. The number of hydrogen-bond acceptors (Lipinski definition) is 1. The summed E-state index contributed by atoms with van der Waals surface area (Å²) in [6.07, 6.45) is 16.7. The van der Waals surface area contributed by atoms with Crippen LogP contribution in [0.15, 0.2) is 0 Å². The van der Waals surface area contributed by atoms with E-state index in [1.807, 2.05) is 0 Å². The molecule has 2 aliphatic heterocycles. The van der Waals surface area contributed by atoms with Crippen LogP contribution < -0.4 is 0 Å². The summed E-state index contributed by atoms with van der Waals surface area (Å²) in [6, 6.07) is 1.65. The third kappa shape index (κ3) is 4.93. The number of nitrogens with zero attached hydrogens (tertiary/aromatic N) is 1. The molecule has 0 aromatic carbocycles. The van der Waals surface area contributed by atoms with Crippen LogP contribution in [0, 0.1) is 0 Å². The zero-order chi connectivity index (χ0) is 13.5. The van der Waals surface area contributed by atoms with Gasteiger partial charge in [0.15, 0.2) is 0 Å². The number of alkyl halides is 1. The molecule has 0 amide bonds. The molecule has 0 N–H and O–H groups in total. The Bertz CT molecular complexity index is 229. The summed E-state index contributed by atoms with van der Waals surface area (Å²) < 4.78 is 0. The average Bonchev–Trinajstić information content (AvgIpc) is 2.64. The third-order valence-electron chi connectivity index (χ3n) is 5.10. The molecule has 0 radical (unpaired) electrons. The van der Waals surface area contributed by atoms with Crippen LogP contribution in [-0.4, -0.2) is 28.9 Å².